The van der Waals surface area contributed by atoms with Crippen molar-refractivity contribution in [3.8, 4) is 0 Å². The van der Waals surface area contributed by atoms with E-state index in [1.165, 1.54) is 41.3 Å². The maximum Gasteiger partial charge on any atom is 0.354 e. The summed E-state index contributed by atoms with van der Waals surface area (Å²) in [5.41, 5.74) is 0.0587. The van der Waals surface area contributed by atoms with Crippen molar-refractivity contribution in [2.45, 2.75) is 32.0 Å². The lowest BCUT2D eigenvalue weighted by molar-refractivity contribution is -0.145. The number of aromatic carboxylic acids is 2. The van der Waals surface area contributed by atoms with E-state index in [4.69, 9.17) is 15.3 Å². The monoisotopic (exact) mass is 417 g/mol. The van der Waals surface area contributed by atoms with Gasteiger partial charge in [0.15, 0.2) is 0 Å². The van der Waals surface area contributed by atoms with Gasteiger partial charge in [-0.05, 0) is 30.7 Å². The normalized spacial score (nSPS) is 11.8. The molecule has 2 aromatic rings. The van der Waals surface area contributed by atoms with E-state index >= 15 is 0 Å². The van der Waals surface area contributed by atoms with Crippen LogP contribution in [0, 0.1) is 0 Å². The number of pyridine rings is 2. The van der Waals surface area contributed by atoms with Gasteiger partial charge in [-0.25, -0.2) is 19.6 Å². The number of nitrogens with zero attached hydrogens (tertiary/aromatic N) is 3. The van der Waals surface area contributed by atoms with Gasteiger partial charge in [-0.2, -0.15) is 0 Å². The van der Waals surface area contributed by atoms with Gasteiger partial charge < -0.3 is 20.4 Å². The van der Waals surface area contributed by atoms with Gasteiger partial charge in [0.25, 0.3) is 0 Å². The molecule has 0 radical (unpaired) electrons. The summed E-state index contributed by atoms with van der Waals surface area (Å²) in [6.45, 7) is -0.229. The first-order valence-electron chi connectivity index (χ1n) is 8.74. The summed E-state index contributed by atoms with van der Waals surface area (Å²) in [4.78, 5) is 54.4. The van der Waals surface area contributed by atoms with E-state index in [1.54, 1.807) is 0 Å². The molecular formula is C19H19N3O8. The summed E-state index contributed by atoms with van der Waals surface area (Å²) in [6, 6.07) is 7.26. The fourth-order valence-corrected chi connectivity index (χ4v) is 2.79. The zero-order chi connectivity index (χ0) is 22.3. The van der Waals surface area contributed by atoms with Crippen molar-refractivity contribution in [2.75, 3.05) is 0 Å². The highest BCUT2D eigenvalue weighted by Crippen LogP contribution is 2.16. The Morgan fingerprint density at radius 1 is 0.800 bits per heavy atom. The Bertz CT molecular complexity index is 903. The van der Waals surface area contributed by atoms with E-state index in [0.717, 1.165) is 0 Å². The SMILES string of the molecule is O=C(O)CC[C@H](C(=O)O)N(Cc1cccc(C(=O)O)n1)Cc1cccc(C(=O)O)n1. The minimum atomic E-state index is -1.28. The lowest BCUT2D eigenvalue weighted by Crippen LogP contribution is -2.41. The molecule has 0 aliphatic heterocycles. The second-order valence-corrected chi connectivity index (χ2v) is 6.33. The average molecular weight is 417 g/mol. The van der Waals surface area contributed by atoms with Crippen molar-refractivity contribution >= 4 is 23.9 Å². The van der Waals surface area contributed by atoms with Crippen LogP contribution in [0.2, 0.25) is 0 Å². The molecule has 30 heavy (non-hydrogen) atoms. The molecule has 2 rings (SSSR count). The van der Waals surface area contributed by atoms with E-state index in [2.05, 4.69) is 9.97 Å². The van der Waals surface area contributed by atoms with E-state index in [1.807, 2.05) is 0 Å². The number of carboxylic acids is 4. The number of aromatic nitrogens is 2. The summed E-state index contributed by atoms with van der Waals surface area (Å²) >= 11 is 0. The van der Waals surface area contributed by atoms with E-state index in [9.17, 15) is 24.3 Å². The third-order valence-electron chi connectivity index (χ3n) is 4.14. The second kappa shape index (κ2) is 10.1. The number of aliphatic carboxylic acids is 2. The lowest BCUT2D eigenvalue weighted by atomic mass is 10.1. The largest absolute Gasteiger partial charge is 0.481 e. The molecule has 0 aliphatic rings. The van der Waals surface area contributed by atoms with Crippen LogP contribution in [0.25, 0.3) is 0 Å². The maximum absolute atomic E-state index is 11.8. The Hall–Kier alpha value is -3.86. The minimum absolute atomic E-state index is 0.114. The second-order valence-electron chi connectivity index (χ2n) is 6.33. The molecule has 4 N–H and O–H groups in total. The van der Waals surface area contributed by atoms with Crippen LogP contribution in [0.1, 0.15) is 45.2 Å². The van der Waals surface area contributed by atoms with E-state index in [-0.39, 0.29) is 42.3 Å². The summed E-state index contributed by atoms with van der Waals surface area (Å²) < 4.78 is 0. The van der Waals surface area contributed by atoms with Crippen LogP contribution in [0.5, 0.6) is 0 Å². The number of carbonyl (C=O) groups is 4. The van der Waals surface area contributed by atoms with Gasteiger partial charge in [-0.3, -0.25) is 14.5 Å². The van der Waals surface area contributed by atoms with Crippen LogP contribution in [-0.4, -0.2) is 65.2 Å². The number of carboxylic acid groups (broad SMARTS) is 4. The molecule has 158 valence electrons. The Morgan fingerprint density at radius 2 is 1.27 bits per heavy atom. The molecule has 1 atom stereocenters. The zero-order valence-corrected chi connectivity index (χ0v) is 15.6. The smallest absolute Gasteiger partial charge is 0.354 e. The first kappa shape index (κ1) is 22.4. The fourth-order valence-electron chi connectivity index (χ4n) is 2.79. The van der Waals surface area contributed by atoms with E-state index in [0.29, 0.717) is 0 Å². The Labute approximate surface area is 170 Å². The van der Waals surface area contributed by atoms with Crippen LogP contribution in [0.4, 0.5) is 0 Å². The van der Waals surface area contributed by atoms with Crippen molar-refractivity contribution in [1.82, 2.24) is 14.9 Å². The fraction of sp³-hybridized carbons (Fsp3) is 0.263. The van der Waals surface area contributed by atoms with Gasteiger partial charge >= 0.3 is 23.9 Å². The quantitative estimate of drug-likeness (QED) is 0.413. The Balaban J connectivity index is 2.37. The van der Waals surface area contributed by atoms with Crippen LogP contribution in [0.3, 0.4) is 0 Å². The van der Waals surface area contributed by atoms with Gasteiger partial charge in [0, 0.05) is 19.5 Å². The number of hydrogen-bond donors (Lipinski definition) is 4. The standard InChI is InChI=1S/C19H19N3O8/c23-16(24)8-7-15(19(29)30)22(9-11-3-1-5-13(20-11)17(25)26)10-12-4-2-6-14(21-12)18(27)28/h1-6,15H,7-10H2,(H,23,24)(H,25,26)(H,27,28)(H,29,30)/t15-/m1/s1. The van der Waals surface area contributed by atoms with Gasteiger partial charge in [0.05, 0.1) is 11.4 Å². The van der Waals surface area contributed by atoms with Crippen molar-refractivity contribution in [3.05, 3.63) is 59.2 Å². The third kappa shape index (κ3) is 6.34. The Kier molecular flexibility index (Phi) is 7.53. The van der Waals surface area contributed by atoms with Crippen molar-refractivity contribution in [3.63, 3.8) is 0 Å². The van der Waals surface area contributed by atoms with Crippen LogP contribution >= 0.6 is 0 Å². The molecule has 11 heteroatoms. The maximum atomic E-state index is 11.8. The zero-order valence-electron chi connectivity index (χ0n) is 15.6. The Morgan fingerprint density at radius 3 is 1.63 bits per heavy atom. The molecule has 11 nitrogen and oxygen atoms in total. The molecule has 0 amide bonds. The van der Waals surface area contributed by atoms with Crippen LogP contribution < -0.4 is 0 Å². The molecule has 0 aromatic carbocycles. The van der Waals surface area contributed by atoms with Crippen molar-refractivity contribution in [1.29, 1.82) is 0 Å². The van der Waals surface area contributed by atoms with Gasteiger partial charge in [-0.1, -0.05) is 12.1 Å². The molecule has 0 aliphatic carbocycles. The first-order valence-corrected chi connectivity index (χ1v) is 8.74. The minimum Gasteiger partial charge on any atom is -0.481 e. The highest BCUT2D eigenvalue weighted by molar-refractivity contribution is 5.85. The summed E-state index contributed by atoms with van der Waals surface area (Å²) in [6.07, 6.45) is -0.624. The third-order valence-corrected chi connectivity index (χ3v) is 4.14. The van der Waals surface area contributed by atoms with Crippen LogP contribution in [-0.2, 0) is 22.7 Å². The first-order chi connectivity index (χ1) is 14.2. The molecular weight excluding hydrogens is 398 g/mol. The summed E-state index contributed by atoms with van der Waals surface area (Å²) in [5.74, 6) is -4.95. The molecule has 2 aromatic heterocycles. The molecule has 0 spiro atoms. The highest BCUT2D eigenvalue weighted by Gasteiger charge is 2.27. The molecule has 0 saturated carbocycles. The molecule has 0 fully saturated rings. The van der Waals surface area contributed by atoms with Gasteiger partial charge in [0.2, 0.25) is 0 Å². The molecule has 2 heterocycles. The van der Waals surface area contributed by atoms with Crippen LogP contribution in [0.15, 0.2) is 36.4 Å². The summed E-state index contributed by atoms with van der Waals surface area (Å²) in [7, 11) is 0. The number of hydrogen-bond acceptors (Lipinski definition) is 7. The van der Waals surface area contributed by atoms with Crippen molar-refractivity contribution in [2.24, 2.45) is 0 Å². The predicted octanol–water partition coefficient (Wildman–Crippen LogP) is 1.19. The predicted molar refractivity (Wildman–Crippen MR) is 99.9 cm³/mol. The number of rotatable bonds is 11. The molecule has 0 bridgehead atoms. The average Bonchev–Trinajstić information content (AvgIpc) is 2.68. The molecule has 0 saturated heterocycles. The summed E-state index contributed by atoms with van der Waals surface area (Å²) in [5, 5.41) is 36.8. The van der Waals surface area contributed by atoms with Gasteiger partial charge in [-0.15, -0.1) is 0 Å². The van der Waals surface area contributed by atoms with Crippen molar-refractivity contribution < 1.29 is 39.6 Å². The van der Waals surface area contributed by atoms with E-state index < -0.39 is 36.3 Å². The topological polar surface area (TPSA) is 178 Å². The lowest BCUT2D eigenvalue weighted by Gasteiger charge is -2.28. The van der Waals surface area contributed by atoms with Gasteiger partial charge in [0.1, 0.15) is 17.4 Å². The molecule has 0 unspecified atom stereocenters. The highest BCUT2D eigenvalue weighted by atomic mass is 16.4.